The summed E-state index contributed by atoms with van der Waals surface area (Å²) in [5, 5.41) is 3.24. The number of hydrogen-bond donors (Lipinski definition) is 1. The van der Waals surface area contributed by atoms with E-state index in [0.717, 1.165) is 18.9 Å². The molecule has 0 aromatic carbocycles. The molecule has 3 heteroatoms. The molecule has 1 fully saturated rings. The van der Waals surface area contributed by atoms with Gasteiger partial charge in [0, 0.05) is 18.8 Å². The Bertz CT molecular complexity index is 334. The van der Waals surface area contributed by atoms with E-state index < -0.39 is 0 Å². The highest BCUT2D eigenvalue weighted by atomic mass is 15.2. The average molecular weight is 233 g/mol. The molecule has 3 nitrogen and oxygen atoms in total. The van der Waals surface area contributed by atoms with Gasteiger partial charge in [0.15, 0.2) is 0 Å². The van der Waals surface area contributed by atoms with E-state index in [1.807, 2.05) is 6.20 Å². The van der Waals surface area contributed by atoms with Crippen LogP contribution in [0.3, 0.4) is 0 Å². The van der Waals surface area contributed by atoms with E-state index in [1.165, 1.54) is 31.4 Å². The van der Waals surface area contributed by atoms with Crippen molar-refractivity contribution in [2.24, 2.45) is 0 Å². The first-order chi connectivity index (χ1) is 8.35. The van der Waals surface area contributed by atoms with Gasteiger partial charge in [0.1, 0.15) is 5.82 Å². The van der Waals surface area contributed by atoms with Gasteiger partial charge in [0.25, 0.3) is 0 Å². The molecule has 1 aliphatic heterocycles. The molecule has 0 aliphatic carbocycles. The van der Waals surface area contributed by atoms with Crippen LogP contribution in [0.2, 0.25) is 0 Å². The number of hydrogen-bond acceptors (Lipinski definition) is 3. The third-order valence-corrected chi connectivity index (χ3v) is 3.55. The summed E-state index contributed by atoms with van der Waals surface area (Å²) in [5.74, 6) is 0.982. The molecule has 0 bridgehead atoms. The molecular weight excluding hydrogens is 210 g/mol. The predicted octanol–water partition coefficient (Wildman–Crippen LogP) is 3.06. The average Bonchev–Trinajstić information content (AvgIpc) is 2.40. The Morgan fingerprint density at radius 2 is 2.24 bits per heavy atom. The minimum Gasteiger partial charge on any atom is -0.370 e. The normalized spacial score (nSPS) is 21.4. The van der Waals surface area contributed by atoms with Crippen molar-refractivity contribution < 1.29 is 0 Å². The number of anilines is 1. The van der Waals surface area contributed by atoms with Gasteiger partial charge in [0.2, 0.25) is 0 Å². The fourth-order valence-corrected chi connectivity index (χ4v) is 2.64. The van der Waals surface area contributed by atoms with E-state index >= 15 is 0 Å². The minimum absolute atomic E-state index is 0.580. The molecule has 1 unspecified atom stereocenters. The second-order valence-electron chi connectivity index (χ2n) is 4.65. The van der Waals surface area contributed by atoms with Crippen molar-refractivity contribution in [1.29, 1.82) is 0 Å². The van der Waals surface area contributed by atoms with Crippen molar-refractivity contribution >= 4 is 5.82 Å². The van der Waals surface area contributed by atoms with Gasteiger partial charge in [0.05, 0.1) is 0 Å². The van der Waals surface area contributed by atoms with Gasteiger partial charge in [-0.15, -0.1) is 0 Å². The van der Waals surface area contributed by atoms with Gasteiger partial charge in [-0.3, -0.25) is 4.90 Å². The minimum atomic E-state index is 0.580. The first kappa shape index (κ1) is 12.4. The van der Waals surface area contributed by atoms with E-state index in [0.29, 0.717) is 6.04 Å². The standard InChI is InChI=1S/C14H23N3/c1-3-15-14-9-8-12(11-16-14)13-7-5-6-10-17(13)4-2/h8-9,11,13H,3-7,10H2,1-2H3,(H,15,16). The van der Waals surface area contributed by atoms with Crippen LogP contribution < -0.4 is 5.32 Å². The van der Waals surface area contributed by atoms with Gasteiger partial charge in [-0.1, -0.05) is 19.4 Å². The van der Waals surface area contributed by atoms with Crippen molar-refractivity contribution in [3.05, 3.63) is 23.9 Å². The molecule has 2 rings (SSSR count). The molecule has 1 aliphatic rings. The highest BCUT2D eigenvalue weighted by molar-refractivity contribution is 5.36. The lowest BCUT2D eigenvalue weighted by molar-refractivity contribution is 0.157. The molecule has 94 valence electrons. The van der Waals surface area contributed by atoms with E-state index in [2.05, 4.69) is 41.2 Å². The third kappa shape index (κ3) is 2.97. The van der Waals surface area contributed by atoms with Crippen LogP contribution in [0.1, 0.15) is 44.7 Å². The van der Waals surface area contributed by atoms with Gasteiger partial charge >= 0.3 is 0 Å². The second-order valence-corrected chi connectivity index (χ2v) is 4.65. The SMILES string of the molecule is CCNc1ccc(C2CCCCN2CC)cn1. The topological polar surface area (TPSA) is 28.2 Å². The Hall–Kier alpha value is -1.09. The summed E-state index contributed by atoms with van der Waals surface area (Å²) >= 11 is 0. The van der Waals surface area contributed by atoms with Crippen LogP contribution in [-0.4, -0.2) is 29.5 Å². The van der Waals surface area contributed by atoms with Gasteiger partial charge in [-0.25, -0.2) is 4.98 Å². The quantitative estimate of drug-likeness (QED) is 0.866. The number of piperidine rings is 1. The zero-order chi connectivity index (χ0) is 12.1. The van der Waals surface area contributed by atoms with Crippen molar-refractivity contribution in [2.45, 2.75) is 39.2 Å². The van der Waals surface area contributed by atoms with Crippen LogP contribution in [0.15, 0.2) is 18.3 Å². The number of likely N-dealkylation sites (tertiary alicyclic amines) is 1. The summed E-state index contributed by atoms with van der Waals surface area (Å²) in [4.78, 5) is 7.04. The van der Waals surface area contributed by atoms with Gasteiger partial charge in [-0.2, -0.15) is 0 Å². The summed E-state index contributed by atoms with van der Waals surface area (Å²) in [6.07, 6.45) is 6.00. The van der Waals surface area contributed by atoms with Crippen LogP contribution in [0.5, 0.6) is 0 Å². The molecule has 2 heterocycles. The van der Waals surface area contributed by atoms with Crippen molar-refractivity contribution in [1.82, 2.24) is 9.88 Å². The summed E-state index contributed by atoms with van der Waals surface area (Å²) in [5.41, 5.74) is 1.37. The predicted molar refractivity (Wildman–Crippen MR) is 72.2 cm³/mol. The first-order valence-electron chi connectivity index (χ1n) is 6.79. The summed E-state index contributed by atoms with van der Waals surface area (Å²) in [7, 11) is 0. The Balaban J connectivity index is 2.09. The highest BCUT2D eigenvalue weighted by Gasteiger charge is 2.22. The van der Waals surface area contributed by atoms with Crippen molar-refractivity contribution in [2.75, 3.05) is 25.0 Å². The van der Waals surface area contributed by atoms with Crippen LogP contribution in [0, 0.1) is 0 Å². The number of pyridine rings is 1. The van der Waals surface area contributed by atoms with Crippen molar-refractivity contribution in [3.63, 3.8) is 0 Å². The molecular formula is C14H23N3. The van der Waals surface area contributed by atoms with E-state index in [-0.39, 0.29) is 0 Å². The molecule has 17 heavy (non-hydrogen) atoms. The fraction of sp³-hybridized carbons (Fsp3) is 0.643. The molecule has 1 saturated heterocycles. The molecule has 0 amide bonds. The maximum absolute atomic E-state index is 4.47. The lowest BCUT2D eigenvalue weighted by Gasteiger charge is -2.35. The number of rotatable bonds is 4. The Kier molecular flexibility index (Phi) is 4.37. The highest BCUT2D eigenvalue weighted by Crippen LogP contribution is 2.30. The van der Waals surface area contributed by atoms with Crippen molar-refractivity contribution in [3.8, 4) is 0 Å². The molecule has 1 aromatic rings. The lowest BCUT2D eigenvalue weighted by atomic mass is 9.96. The molecule has 1 aromatic heterocycles. The second kappa shape index (κ2) is 6.01. The molecule has 1 N–H and O–H groups in total. The maximum atomic E-state index is 4.47. The molecule has 0 radical (unpaired) electrons. The monoisotopic (exact) mass is 233 g/mol. The van der Waals surface area contributed by atoms with Crippen LogP contribution >= 0.6 is 0 Å². The first-order valence-corrected chi connectivity index (χ1v) is 6.79. The molecule has 0 saturated carbocycles. The zero-order valence-corrected chi connectivity index (χ0v) is 10.9. The third-order valence-electron chi connectivity index (χ3n) is 3.55. The maximum Gasteiger partial charge on any atom is 0.125 e. The van der Waals surface area contributed by atoms with E-state index in [1.54, 1.807) is 0 Å². The molecule has 1 atom stereocenters. The van der Waals surface area contributed by atoms with Crippen LogP contribution in [0.4, 0.5) is 5.82 Å². The summed E-state index contributed by atoms with van der Waals surface area (Å²) in [6, 6.07) is 4.90. The van der Waals surface area contributed by atoms with E-state index in [9.17, 15) is 0 Å². The Morgan fingerprint density at radius 1 is 1.35 bits per heavy atom. The fourth-order valence-electron chi connectivity index (χ4n) is 2.64. The summed E-state index contributed by atoms with van der Waals surface area (Å²) < 4.78 is 0. The number of nitrogens with one attached hydrogen (secondary N) is 1. The molecule has 0 spiro atoms. The van der Waals surface area contributed by atoms with Gasteiger partial charge < -0.3 is 5.32 Å². The Labute approximate surface area is 104 Å². The van der Waals surface area contributed by atoms with Gasteiger partial charge in [-0.05, 0) is 44.5 Å². The lowest BCUT2D eigenvalue weighted by Crippen LogP contribution is -2.33. The largest absolute Gasteiger partial charge is 0.370 e. The van der Waals surface area contributed by atoms with E-state index in [4.69, 9.17) is 0 Å². The number of aromatic nitrogens is 1. The summed E-state index contributed by atoms with van der Waals surface area (Å²) in [6.45, 7) is 7.64. The zero-order valence-electron chi connectivity index (χ0n) is 10.9. The smallest absolute Gasteiger partial charge is 0.125 e. The van der Waals surface area contributed by atoms with Crippen LogP contribution in [0.25, 0.3) is 0 Å². The van der Waals surface area contributed by atoms with Crippen LogP contribution in [-0.2, 0) is 0 Å². The Morgan fingerprint density at radius 3 is 2.88 bits per heavy atom. The number of nitrogens with zero attached hydrogens (tertiary/aromatic N) is 2.